The number of halogens is 1. The van der Waals surface area contributed by atoms with E-state index in [2.05, 4.69) is 31.2 Å². The number of hydrogen-bond acceptors (Lipinski definition) is 3. The molecule has 0 aliphatic heterocycles. The molecule has 0 atom stereocenters. The summed E-state index contributed by atoms with van der Waals surface area (Å²) >= 11 is 0. The summed E-state index contributed by atoms with van der Waals surface area (Å²) in [6, 6.07) is 6.24. The van der Waals surface area contributed by atoms with Crippen molar-refractivity contribution in [3.63, 3.8) is 0 Å². The van der Waals surface area contributed by atoms with Crippen molar-refractivity contribution in [1.29, 1.82) is 5.26 Å². The Morgan fingerprint density at radius 3 is 2.75 bits per heavy atom. The molecule has 104 valence electrons. The van der Waals surface area contributed by atoms with Crippen molar-refractivity contribution in [1.82, 2.24) is 9.78 Å². The van der Waals surface area contributed by atoms with Gasteiger partial charge in [0.05, 0.1) is 17.3 Å². The normalized spacial score (nSPS) is 11.2. The first kappa shape index (κ1) is 14.1. The summed E-state index contributed by atoms with van der Waals surface area (Å²) in [5, 5.41) is 16.3. The van der Waals surface area contributed by atoms with Gasteiger partial charge in [0.1, 0.15) is 11.9 Å². The summed E-state index contributed by atoms with van der Waals surface area (Å²) in [5.41, 5.74) is 1.73. The van der Waals surface area contributed by atoms with E-state index in [1.807, 2.05) is 16.9 Å². The largest absolute Gasteiger partial charge is 0.381 e. The van der Waals surface area contributed by atoms with E-state index in [0.29, 0.717) is 12.2 Å². The van der Waals surface area contributed by atoms with Gasteiger partial charge in [0, 0.05) is 24.0 Å². The highest BCUT2D eigenvalue weighted by molar-refractivity contribution is 5.50. The third kappa shape index (κ3) is 3.15. The fourth-order valence-corrected chi connectivity index (χ4v) is 1.74. The molecule has 4 nitrogen and oxygen atoms in total. The van der Waals surface area contributed by atoms with Gasteiger partial charge in [-0.1, -0.05) is 0 Å². The zero-order valence-corrected chi connectivity index (χ0v) is 11.8. The Morgan fingerprint density at radius 1 is 1.40 bits per heavy atom. The van der Waals surface area contributed by atoms with Crippen molar-refractivity contribution in [3.05, 3.63) is 47.5 Å². The number of anilines is 1. The minimum atomic E-state index is -0.501. The number of benzene rings is 1. The first-order chi connectivity index (χ1) is 9.40. The molecule has 0 aliphatic carbocycles. The maximum absolute atomic E-state index is 13.2. The summed E-state index contributed by atoms with van der Waals surface area (Å²) in [6.07, 6.45) is 3.77. The Bertz CT molecular complexity index is 647. The van der Waals surface area contributed by atoms with Crippen molar-refractivity contribution in [2.75, 3.05) is 5.32 Å². The lowest BCUT2D eigenvalue weighted by Gasteiger charge is -2.18. The highest BCUT2D eigenvalue weighted by Crippen LogP contribution is 2.16. The molecule has 0 saturated carbocycles. The summed E-state index contributed by atoms with van der Waals surface area (Å²) in [4.78, 5) is 0. The molecule has 0 bridgehead atoms. The lowest BCUT2D eigenvalue weighted by Crippen LogP contribution is -2.21. The van der Waals surface area contributed by atoms with Gasteiger partial charge in [0.2, 0.25) is 0 Å². The molecule has 1 aromatic heterocycles. The van der Waals surface area contributed by atoms with Gasteiger partial charge in [-0.05, 0) is 39.0 Å². The number of nitriles is 1. The van der Waals surface area contributed by atoms with Gasteiger partial charge in [-0.15, -0.1) is 0 Å². The molecule has 1 N–H and O–H groups in total. The molecule has 0 amide bonds. The minimum absolute atomic E-state index is 0.0420. The molecule has 1 aromatic carbocycles. The van der Waals surface area contributed by atoms with Gasteiger partial charge in [0.25, 0.3) is 0 Å². The molecule has 5 heteroatoms. The van der Waals surface area contributed by atoms with Crippen LogP contribution in [-0.4, -0.2) is 9.78 Å². The van der Waals surface area contributed by atoms with Gasteiger partial charge in [-0.2, -0.15) is 10.4 Å². The highest BCUT2D eigenvalue weighted by atomic mass is 19.1. The van der Waals surface area contributed by atoms with Crippen LogP contribution in [0.15, 0.2) is 30.6 Å². The Balaban J connectivity index is 2.06. The SMILES string of the molecule is CC(C)(C)n1cc(CNc2ccc(F)c(C#N)c2)cn1. The maximum Gasteiger partial charge on any atom is 0.141 e. The first-order valence-electron chi connectivity index (χ1n) is 6.38. The molecule has 20 heavy (non-hydrogen) atoms. The summed E-state index contributed by atoms with van der Waals surface area (Å²) < 4.78 is 15.1. The van der Waals surface area contributed by atoms with E-state index in [9.17, 15) is 4.39 Å². The fourth-order valence-electron chi connectivity index (χ4n) is 1.74. The molecule has 0 unspecified atom stereocenters. The van der Waals surface area contributed by atoms with E-state index in [0.717, 1.165) is 5.56 Å². The summed E-state index contributed by atoms with van der Waals surface area (Å²) in [5.74, 6) is -0.501. The maximum atomic E-state index is 13.2. The third-order valence-electron chi connectivity index (χ3n) is 2.91. The minimum Gasteiger partial charge on any atom is -0.381 e. The monoisotopic (exact) mass is 272 g/mol. The van der Waals surface area contributed by atoms with Crippen molar-refractivity contribution >= 4 is 5.69 Å². The molecule has 2 aromatic rings. The smallest absolute Gasteiger partial charge is 0.141 e. The molecule has 0 spiro atoms. The topological polar surface area (TPSA) is 53.6 Å². The van der Waals surface area contributed by atoms with E-state index < -0.39 is 5.82 Å². The fraction of sp³-hybridized carbons (Fsp3) is 0.333. The molecule has 0 aliphatic rings. The zero-order valence-electron chi connectivity index (χ0n) is 11.8. The lowest BCUT2D eigenvalue weighted by molar-refractivity contribution is 0.355. The Kier molecular flexibility index (Phi) is 3.75. The Hall–Kier alpha value is -2.35. The number of hydrogen-bond donors (Lipinski definition) is 1. The quantitative estimate of drug-likeness (QED) is 0.933. The predicted octanol–water partition coefficient (Wildman–Crippen LogP) is 3.26. The van der Waals surface area contributed by atoms with Gasteiger partial charge in [-0.3, -0.25) is 4.68 Å². The van der Waals surface area contributed by atoms with E-state index in [-0.39, 0.29) is 11.1 Å². The Morgan fingerprint density at radius 2 is 2.15 bits per heavy atom. The number of nitrogens with one attached hydrogen (secondary N) is 1. The predicted molar refractivity (Wildman–Crippen MR) is 75.7 cm³/mol. The number of aromatic nitrogens is 2. The van der Waals surface area contributed by atoms with Crippen LogP contribution >= 0.6 is 0 Å². The average Bonchev–Trinajstić information content (AvgIpc) is 2.86. The summed E-state index contributed by atoms with van der Waals surface area (Å²) in [6.45, 7) is 6.82. The lowest BCUT2D eigenvalue weighted by atomic mass is 10.1. The number of rotatable bonds is 3. The standard InChI is InChI=1S/C15H17FN4/c1-15(2,3)20-10-11(9-19-20)8-18-13-4-5-14(16)12(6-13)7-17/h4-6,9-10,18H,8H2,1-3H3. The second-order valence-electron chi connectivity index (χ2n) is 5.62. The van der Waals surface area contributed by atoms with Crippen molar-refractivity contribution in [2.24, 2.45) is 0 Å². The molecule has 0 fully saturated rings. The first-order valence-corrected chi connectivity index (χ1v) is 6.38. The van der Waals surface area contributed by atoms with Crippen LogP contribution in [0.25, 0.3) is 0 Å². The Labute approximate surface area is 117 Å². The molecule has 0 radical (unpaired) electrons. The van der Waals surface area contributed by atoms with E-state index >= 15 is 0 Å². The zero-order chi connectivity index (χ0) is 14.8. The molecule has 0 saturated heterocycles. The van der Waals surface area contributed by atoms with E-state index in [1.165, 1.54) is 12.1 Å². The van der Waals surface area contributed by atoms with Crippen LogP contribution in [0.3, 0.4) is 0 Å². The molecular formula is C15H17FN4. The van der Waals surface area contributed by atoms with Crippen LogP contribution in [0.1, 0.15) is 31.9 Å². The van der Waals surface area contributed by atoms with Gasteiger partial charge < -0.3 is 5.32 Å². The second-order valence-corrected chi connectivity index (χ2v) is 5.62. The second kappa shape index (κ2) is 5.33. The van der Waals surface area contributed by atoms with Crippen molar-refractivity contribution in [3.8, 4) is 6.07 Å². The highest BCUT2D eigenvalue weighted by Gasteiger charge is 2.13. The molecule has 1 heterocycles. The van der Waals surface area contributed by atoms with Crippen molar-refractivity contribution in [2.45, 2.75) is 32.9 Å². The van der Waals surface area contributed by atoms with Gasteiger partial charge in [-0.25, -0.2) is 4.39 Å². The van der Waals surface area contributed by atoms with Crippen LogP contribution in [0, 0.1) is 17.1 Å². The number of nitrogens with zero attached hydrogens (tertiary/aromatic N) is 3. The summed E-state index contributed by atoms with van der Waals surface area (Å²) in [7, 11) is 0. The molecular weight excluding hydrogens is 255 g/mol. The van der Waals surface area contributed by atoms with Crippen LogP contribution < -0.4 is 5.32 Å². The van der Waals surface area contributed by atoms with E-state index in [1.54, 1.807) is 12.3 Å². The third-order valence-corrected chi connectivity index (χ3v) is 2.91. The molecule has 2 rings (SSSR count). The van der Waals surface area contributed by atoms with Crippen LogP contribution in [0.2, 0.25) is 0 Å². The van der Waals surface area contributed by atoms with Gasteiger partial charge >= 0.3 is 0 Å². The van der Waals surface area contributed by atoms with Crippen LogP contribution in [-0.2, 0) is 12.1 Å². The average molecular weight is 272 g/mol. The van der Waals surface area contributed by atoms with Crippen LogP contribution in [0.4, 0.5) is 10.1 Å². The van der Waals surface area contributed by atoms with Gasteiger partial charge in [0.15, 0.2) is 0 Å². The van der Waals surface area contributed by atoms with Crippen LogP contribution in [0.5, 0.6) is 0 Å². The van der Waals surface area contributed by atoms with E-state index in [4.69, 9.17) is 5.26 Å². The van der Waals surface area contributed by atoms with Crippen molar-refractivity contribution < 1.29 is 4.39 Å².